The number of hydrogen-bond donors (Lipinski definition) is 9. The third kappa shape index (κ3) is 20.4. The van der Waals surface area contributed by atoms with E-state index in [0.29, 0.717) is 48.7 Å². The average Bonchev–Trinajstić information content (AvgIpc) is 3.38. The number of alkyl halides is 3. The number of quaternary nitrogens is 1. The van der Waals surface area contributed by atoms with E-state index in [-0.39, 0.29) is 39.3 Å². The van der Waals surface area contributed by atoms with Gasteiger partial charge in [-0.05, 0) is 48.5 Å². The summed E-state index contributed by atoms with van der Waals surface area (Å²) < 4.78 is 99.3. The molecule has 4 heterocycles. The van der Waals surface area contributed by atoms with Crippen LogP contribution >= 0.6 is 12.4 Å². The zero-order valence-electron chi connectivity index (χ0n) is 41.0. The minimum atomic E-state index is -5.19. The summed E-state index contributed by atoms with van der Waals surface area (Å²) in [5.74, 6) is -6.50. The number of nitrogens with one attached hydrogen (secondary N) is 4. The van der Waals surface area contributed by atoms with Crippen molar-refractivity contribution in [2.24, 2.45) is 16.5 Å². The molecule has 6 rings (SSSR count). The van der Waals surface area contributed by atoms with Gasteiger partial charge in [-0.1, -0.05) is 36.4 Å². The van der Waals surface area contributed by atoms with Crippen LogP contribution in [-0.2, 0) is 34.4 Å². The quantitative estimate of drug-likeness (QED) is 0.0204. The summed E-state index contributed by atoms with van der Waals surface area (Å²) in [4.78, 5) is 85.8. The molecule has 0 aliphatic carbocycles. The Bertz CT molecular complexity index is 3480. The summed E-state index contributed by atoms with van der Waals surface area (Å²) in [6.07, 6.45) is -0.864. The number of sulfonamides is 2. The highest BCUT2D eigenvalue weighted by Crippen LogP contribution is 2.17. The van der Waals surface area contributed by atoms with E-state index in [0.717, 1.165) is 25.1 Å². The Kier molecular flexibility index (Phi) is 24.4. The second-order valence-corrected chi connectivity index (χ2v) is 19.3. The van der Waals surface area contributed by atoms with Crippen molar-refractivity contribution in [2.45, 2.75) is 40.9 Å². The van der Waals surface area contributed by atoms with Gasteiger partial charge in [0, 0.05) is 80.3 Å². The van der Waals surface area contributed by atoms with Crippen molar-refractivity contribution >= 4 is 79.2 Å². The fourth-order valence-electron chi connectivity index (χ4n) is 6.28. The number of nitrogens with zero attached hydrogens (tertiary/aromatic N) is 3. The smallest absolute Gasteiger partial charge is 0.430 e. The Balaban J connectivity index is 0.000000367. The lowest BCUT2D eigenvalue weighted by Gasteiger charge is -2.16. The van der Waals surface area contributed by atoms with Crippen LogP contribution in [0.3, 0.4) is 0 Å². The third-order valence-corrected chi connectivity index (χ3v) is 13.0. The number of fused-ring (bicyclic) bond motifs is 2. The van der Waals surface area contributed by atoms with E-state index < -0.39 is 92.2 Å². The van der Waals surface area contributed by atoms with Crippen molar-refractivity contribution in [3.8, 4) is 11.5 Å². The lowest BCUT2D eigenvalue weighted by atomic mass is 10.2. The Morgan fingerprint density at radius 1 is 0.658 bits per heavy atom. The van der Waals surface area contributed by atoms with E-state index in [1.807, 2.05) is 0 Å². The number of pyridine rings is 4. The molecule has 79 heavy (non-hydrogen) atoms. The van der Waals surface area contributed by atoms with Gasteiger partial charge in [-0.2, -0.15) is 22.6 Å². The molecule has 0 unspecified atom stereocenters. The number of aliphatic imine (C=N–C) groups is 1. The molecule has 0 radical (unpaired) electrons. The molecular weight excluding hydrogens is 1120 g/mol. The van der Waals surface area contributed by atoms with Gasteiger partial charge in [0.15, 0.2) is 5.96 Å². The van der Waals surface area contributed by atoms with Gasteiger partial charge >= 0.3 is 18.1 Å². The number of rotatable bonds is 23. The number of halogens is 4. The molecule has 6 aromatic rings. The monoisotopic (exact) mass is 1170 g/mol. The number of guanidine groups is 1. The Hall–Kier alpha value is -8.62. The maximum absolute atomic E-state index is 12.7. The average molecular weight is 1170 g/mol. The molecule has 2 aromatic carbocycles. The van der Waals surface area contributed by atoms with E-state index in [1.165, 1.54) is 81.9 Å². The molecule has 0 aliphatic rings. The van der Waals surface area contributed by atoms with Gasteiger partial charge in [0.1, 0.15) is 29.6 Å². The highest BCUT2D eigenvalue weighted by atomic mass is 35.5. The molecule has 32 heteroatoms. The van der Waals surface area contributed by atoms with Crippen molar-refractivity contribution in [2.75, 3.05) is 39.4 Å². The zero-order valence-corrected chi connectivity index (χ0v) is 43.5. The fraction of sp³-hybridized carbons (Fsp3) is 0.234. The topological polar surface area (TPSA) is 419 Å². The molecule has 2 amide bonds. The van der Waals surface area contributed by atoms with E-state index in [1.54, 1.807) is 36.4 Å². The van der Waals surface area contributed by atoms with Crippen LogP contribution in [0.5, 0.6) is 11.5 Å². The number of amides is 2. The number of aliphatic carboxylic acids is 3. The molecule has 0 aliphatic heterocycles. The number of benzene rings is 2. The second kappa shape index (κ2) is 29.8. The number of nitrogens with two attached hydrogens (primary N) is 2. The first-order valence-electron chi connectivity index (χ1n) is 22.6. The number of aromatic nitrogens is 2. The number of ether oxygens (including phenoxy) is 2. The highest BCUT2D eigenvalue weighted by molar-refractivity contribution is 7.89. The number of carboxylic acid groups (broad SMARTS) is 3. The predicted molar refractivity (Wildman–Crippen MR) is 275 cm³/mol. The van der Waals surface area contributed by atoms with E-state index in [4.69, 9.17) is 30.8 Å². The lowest BCUT2D eigenvalue weighted by Crippen LogP contribution is -2.50. The summed E-state index contributed by atoms with van der Waals surface area (Å²) in [5.41, 5.74) is 14.0. The third-order valence-electron chi connectivity index (χ3n) is 10.1. The number of carbonyl (C=O) groups is 5. The van der Waals surface area contributed by atoms with Crippen molar-refractivity contribution in [3.63, 3.8) is 0 Å². The molecule has 13 N–H and O–H groups in total. The molecule has 26 nitrogen and oxygen atoms in total. The molecule has 4 aromatic heterocycles. The van der Waals surface area contributed by atoms with E-state index in [9.17, 15) is 69.0 Å². The number of carboxylic acids is 3. The molecule has 0 fully saturated rings. The minimum Gasteiger partial charge on any atom is -0.542 e. The molecule has 0 bridgehead atoms. The van der Waals surface area contributed by atoms with Gasteiger partial charge in [-0.3, -0.25) is 42.6 Å². The molecule has 0 saturated carbocycles. The van der Waals surface area contributed by atoms with Crippen molar-refractivity contribution in [1.29, 1.82) is 0 Å². The summed E-state index contributed by atoms with van der Waals surface area (Å²) in [5, 5.41) is 32.4. The SMILES string of the molecule is Cl.NC(N)=NCCCOc1ccn2c(=O)cc(C(=O)NC[C@H](NS(=O)(=O)c3ccccc3)C(=O)O)cc2c1.O=C([O-])C(F)(F)F.[NH3+]CCCOc1ccn2c(=O)cc(C(=O)NC[C@H](NS(=O)(=O)c3ccccc3)C(=O)O)cc2c1. The van der Waals surface area contributed by atoms with E-state index in [2.05, 4.69) is 30.8 Å². The minimum absolute atomic E-state index is 0. The van der Waals surface area contributed by atoms with Crippen LogP contribution in [0.2, 0.25) is 0 Å². The van der Waals surface area contributed by atoms with Crippen LogP contribution in [-0.4, -0.2) is 129 Å². The molecular formula is C47H52ClF3N10O16S2. The summed E-state index contributed by atoms with van der Waals surface area (Å²) >= 11 is 0. The Morgan fingerprint density at radius 3 is 1.38 bits per heavy atom. The zero-order chi connectivity index (χ0) is 57.8. The van der Waals surface area contributed by atoms with Gasteiger partial charge in [0.05, 0.1) is 40.6 Å². The van der Waals surface area contributed by atoms with Crippen LogP contribution in [0.25, 0.3) is 11.0 Å². The van der Waals surface area contributed by atoms with Crippen LogP contribution in [0.1, 0.15) is 33.6 Å². The van der Waals surface area contributed by atoms with Crippen molar-refractivity contribution < 1.29 is 84.5 Å². The summed E-state index contributed by atoms with van der Waals surface area (Å²) in [6, 6.07) is 22.7. The highest BCUT2D eigenvalue weighted by Gasteiger charge is 2.29. The van der Waals surface area contributed by atoms with Gasteiger partial charge in [-0.15, -0.1) is 12.4 Å². The van der Waals surface area contributed by atoms with Crippen LogP contribution in [0.4, 0.5) is 13.2 Å². The maximum Gasteiger partial charge on any atom is 0.430 e. The maximum atomic E-state index is 12.7. The lowest BCUT2D eigenvalue weighted by molar-refractivity contribution is -0.368. The number of carbonyl (C=O) groups excluding carboxylic acids is 3. The first-order valence-corrected chi connectivity index (χ1v) is 25.6. The van der Waals surface area contributed by atoms with Crippen molar-refractivity contribution in [1.82, 2.24) is 28.9 Å². The van der Waals surface area contributed by atoms with Gasteiger partial charge < -0.3 is 57.4 Å². The predicted octanol–water partition coefficient (Wildman–Crippen LogP) is -1.30. The molecule has 2 atom stereocenters. The fourth-order valence-corrected chi connectivity index (χ4v) is 8.71. The molecule has 0 spiro atoms. The van der Waals surface area contributed by atoms with E-state index >= 15 is 0 Å². The summed E-state index contributed by atoms with van der Waals surface area (Å²) in [7, 11) is -8.26. The molecule has 0 saturated heterocycles. The largest absolute Gasteiger partial charge is 0.542 e. The van der Waals surface area contributed by atoms with Gasteiger partial charge in [0.2, 0.25) is 20.0 Å². The number of hydrogen-bond acceptors (Lipinski definition) is 15. The summed E-state index contributed by atoms with van der Waals surface area (Å²) in [6.45, 7) is 0.785. The van der Waals surface area contributed by atoms with Crippen LogP contribution in [0.15, 0.2) is 146 Å². The van der Waals surface area contributed by atoms with Gasteiger partial charge in [-0.25, -0.2) is 16.8 Å². The normalized spacial score (nSPS) is 11.9. The van der Waals surface area contributed by atoms with Crippen LogP contribution in [0, 0.1) is 0 Å². The standard InChI is InChI=1S/C23H26N6O7S.C22H24N4O7S.C2HF3O2.ClH/c24-23(25)26-8-4-10-36-17-7-9-29-16(13-17)11-15(12-20(29)30)21(31)27-14-19(22(32)33)28-37(34,35)18-5-2-1-3-6-18;23-8-4-10-33-17-7-9-26-16(13-17)11-15(12-20(26)27)21(28)24-14-19(22(29)30)25-34(31,32)18-5-2-1-3-6-18;3-2(4,5)1(6)7;/h1-3,5-7,9,11-13,19,28H,4,8,10,14H2,(H,27,31)(H,32,33)(H4,24,25,26);1-3,5-7,9,11-13,19,25H,4,8,10,14,23H2,(H,24,28)(H,29,30);(H,6,7);1H/t2*19-;;/m00../s1. The van der Waals surface area contributed by atoms with Gasteiger partial charge in [0.25, 0.3) is 22.9 Å². The van der Waals surface area contributed by atoms with Crippen LogP contribution < -0.4 is 63.0 Å². The van der Waals surface area contributed by atoms with Crippen molar-refractivity contribution in [3.05, 3.63) is 153 Å². The second-order valence-electron chi connectivity index (χ2n) is 15.9. The Morgan fingerprint density at radius 2 is 1.04 bits per heavy atom. The first-order chi connectivity index (χ1) is 36.7. The molecule has 426 valence electrons. The first kappa shape index (κ1) is 64.7. The Labute approximate surface area is 452 Å².